The Morgan fingerprint density at radius 1 is 1.17 bits per heavy atom. The fourth-order valence-corrected chi connectivity index (χ4v) is 7.63. The van der Waals surface area contributed by atoms with Crippen LogP contribution in [0, 0.1) is 11.3 Å². The number of nitriles is 1. The second-order valence-electron chi connectivity index (χ2n) is 7.66. The normalized spacial score (nSPS) is 15.1. The number of aromatic nitrogens is 2. The molecule has 2 aliphatic carbocycles. The summed E-state index contributed by atoms with van der Waals surface area (Å²) in [5, 5.41) is 14.4. The zero-order valence-electron chi connectivity index (χ0n) is 16.5. The average molecular weight is 457 g/mol. The highest BCUT2D eigenvalue weighted by Gasteiger charge is 2.24. The highest BCUT2D eigenvalue weighted by molar-refractivity contribution is 7.99. The van der Waals surface area contributed by atoms with E-state index < -0.39 is 0 Å². The van der Waals surface area contributed by atoms with Crippen LogP contribution >= 0.6 is 34.4 Å². The van der Waals surface area contributed by atoms with Crippen LogP contribution in [0.25, 0.3) is 10.2 Å². The molecule has 0 atom stereocenters. The number of rotatable bonds is 4. The number of thiophene rings is 2. The minimum Gasteiger partial charge on any atom is -0.316 e. The van der Waals surface area contributed by atoms with E-state index in [-0.39, 0.29) is 17.2 Å². The van der Waals surface area contributed by atoms with Crippen LogP contribution in [0.5, 0.6) is 0 Å². The summed E-state index contributed by atoms with van der Waals surface area (Å²) in [6.45, 7) is 0. The molecule has 0 unspecified atom stereocenters. The van der Waals surface area contributed by atoms with Gasteiger partial charge in [-0.1, -0.05) is 11.8 Å². The molecule has 0 fully saturated rings. The van der Waals surface area contributed by atoms with Gasteiger partial charge in [0.1, 0.15) is 15.9 Å². The molecule has 3 aromatic rings. The molecule has 0 saturated carbocycles. The van der Waals surface area contributed by atoms with Crippen LogP contribution in [0.1, 0.15) is 45.7 Å². The van der Waals surface area contributed by atoms with Crippen molar-refractivity contribution < 1.29 is 4.79 Å². The SMILES string of the molecule is Cn1c(SCC(=O)Nc2sc3c(c2C#N)CCCC3)nc2sc3c(c2c1=O)CCC3. The summed E-state index contributed by atoms with van der Waals surface area (Å²) < 4.78 is 1.55. The highest BCUT2D eigenvalue weighted by Crippen LogP contribution is 2.38. The molecule has 1 N–H and O–H groups in total. The first-order chi connectivity index (χ1) is 14.6. The van der Waals surface area contributed by atoms with Gasteiger partial charge < -0.3 is 5.32 Å². The molecule has 5 rings (SSSR count). The first-order valence-electron chi connectivity index (χ1n) is 10.1. The number of nitrogens with zero attached hydrogens (tertiary/aromatic N) is 3. The number of amides is 1. The Morgan fingerprint density at radius 2 is 1.90 bits per heavy atom. The van der Waals surface area contributed by atoms with E-state index in [0.717, 1.165) is 60.7 Å². The minimum absolute atomic E-state index is 0.0278. The van der Waals surface area contributed by atoms with Gasteiger partial charge in [0, 0.05) is 16.8 Å². The van der Waals surface area contributed by atoms with Crippen LogP contribution in [-0.4, -0.2) is 21.2 Å². The second-order valence-corrected chi connectivity index (χ2v) is 10.8. The first-order valence-corrected chi connectivity index (χ1v) is 12.7. The molecular weight excluding hydrogens is 436 g/mol. The zero-order chi connectivity index (χ0) is 20.8. The van der Waals surface area contributed by atoms with E-state index in [1.807, 2.05) is 0 Å². The summed E-state index contributed by atoms with van der Waals surface area (Å²) in [6, 6.07) is 2.27. The Morgan fingerprint density at radius 3 is 2.73 bits per heavy atom. The number of anilines is 1. The van der Waals surface area contributed by atoms with E-state index in [4.69, 9.17) is 0 Å². The molecule has 9 heteroatoms. The molecule has 0 bridgehead atoms. The summed E-state index contributed by atoms with van der Waals surface area (Å²) in [5.74, 6) is -0.0391. The molecule has 0 saturated heterocycles. The van der Waals surface area contributed by atoms with Gasteiger partial charge in [-0.2, -0.15) is 5.26 Å². The number of carbonyl (C=O) groups excluding carboxylic acids is 1. The number of nitrogens with one attached hydrogen (secondary N) is 1. The standard InChI is InChI=1S/C21H20N4O2S3/c1-25-20(27)17-12-6-4-8-15(12)30-19(17)24-21(25)28-10-16(26)23-18-13(9-22)11-5-2-3-7-14(11)29-18/h2-8,10H2,1H3,(H,23,26). The van der Waals surface area contributed by atoms with Gasteiger partial charge >= 0.3 is 0 Å². The molecule has 0 aromatic carbocycles. The van der Waals surface area contributed by atoms with E-state index >= 15 is 0 Å². The Kier molecular flexibility index (Phi) is 5.17. The predicted molar refractivity (Wildman–Crippen MR) is 122 cm³/mol. The third-order valence-corrected chi connectivity index (χ3v) is 9.20. The quantitative estimate of drug-likeness (QED) is 0.473. The maximum Gasteiger partial charge on any atom is 0.262 e. The fraction of sp³-hybridized carbons (Fsp3) is 0.429. The van der Waals surface area contributed by atoms with Gasteiger partial charge in [-0.05, 0) is 56.1 Å². The minimum atomic E-state index is -0.182. The molecule has 0 spiro atoms. The molecule has 1 amide bonds. The lowest BCUT2D eigenvalue weighted by Gasteiger charge is -2.09. The number of hydrogen-bond acceptors (Lipinski definition) is 7. The van der Waals surface area contributed by atoms with Gasteiger partial charge in [0.25, 0.3) is 5.56 Å². The monoisotopic (exact) mass is 456 g/mol. The molecule has 30 heavy (non-hydrogen) atoms. The first kappa shape index (κ1) is 19.8. The molecule has 2 aliphatic rings. The van der Waals surface area contributed by atoms with Crippen molar-refractivity contribution in [1.29, 1.82) is 5.26 Å². The van der Waals surface area contributed by atoms with Crippen molar-refractivity contribution in [3.05, 3.63) is 36.8 Å². The molecule has 0 aliphatic heterocycles. The highest BCUT2D eigenvalue weighted by atomic mass is 32.2. The number of thioether (sulfide) groups is 1. The molecule has 6 nitrogen and oxygen atoms in total. The summed E-state index contributed by atoms with van der Waals surface area (Å²) in [6.07, 6.45) is 7.20. The number of carbonyl (C=O) groups is 1. The van der Waals surface area contributed by atoms with Crippen molar-refractivity contribution in [3.63, 3.8) is 0 Å². The fourth-order valence-electron chi connectivity index (χ4n) is 4.30. The van der Waals surface area contributed by atoms with Gasteiger partial charge in [-0.3, -0.25) is 14.2 Å². The van der Waals surface area contributed by atoms with Crippen LogP contribution in [-0.2, 0) is 37.5 Å². The average Bonchev–Trinajstić information content (AvgIpc) is 3.41. The van der Waals surface area contributed by atoms with Crippen LogP contribution in [0.3, 0.4) is 0 Å². The maximum absolute atomic E-state index is 12.9. The van der Waals surface area contributed by atoms with Gasteiger partial charge in [-0.15, -0.1) is 22.7 Å². The van der Waals surface area contributed by atoms with Crippen molar-refractivity contribution >= 4 is 55.6 Å². The number of fused-ring (bicyclic) bond motifs is 4. The second kappa shape index (κ2) is 7.84. The Labute approximate surface area is 185 Å². The van der Waals surface area contributed by atoms with Gasteiger partial charge in [0.05, 0.1) is 16.7 Å². The third kappa shape index (κ3) is 3.27. The molecule has 3 heterocycles. The van der Waals surface area contributed by atoms with Gasteiger partial charge in [0.15, 0.2) is 5.16 Å². The smallest absolute Gasteiger partial charge is 0.262 e. The summed E-state index contributed by atoms with van der Waals surface area (Å²) in [7, 11) is 1.72. The maximum atomic E-state index is 12.9. The van der Waals surface area contributed by atoms with Crippen LogP contribution in [0.4, 0.5) is 5.00 Å². The third-order valence-electron chi connectivity index (χ3n) is 5.77. The van der Waals surface area contributed by atoms with Crippen molar-refractivity contribution in [2.24, 2.45) is 7.05 Å². The van der Waals surface area contributed by atoms with Gasteiger partial charge in [-0.25, -0.2) is 4.98 Å². The topological polar surface area (TPSA) is 87.8 Å². The van der Waals surface area contributed by atoms with E-state index in [0.29, 0.717) is 15.7 Å². The van der Waals surface area contributed by atoms with E-state index in [2.05, 4.69) is 16.4 Å². The van der Waals surface area contributed by atoms with Crippen molar-refractivity contribution in [1.82, 2.24) is 9.55 Å². The Hall–Kier alpha value is -2.15. The lowest BCUT2D eigenvalue weighted by Crippen LogP contribution is -2.21. The van der Waals surface area contributed by atoms with E-state index in [1.54, 1.807) is 23.0 Å². The number of hydrogen-bond donors (Lipinski definition) is 1. The molecule has 3 aromatic heterocycles. The van der Waals surface area contributed by atoms with Crippen LogP contribution in [0.15, 0.2) is 9.95 Å². The van der Waals surface area contributed by atoms with E-state index in [9.17, 15) is 14.9 Å². The van der Waals surface area contributed by atoms with E-state index in [1.165, 1.54) is 38.4 Å². The number of aryl methyl sites for hydroxylation is 3. The van der Waals surface area contributed by atoms with Crippen molar-refractivity contribution in [3.8, 4) is 6.07 Å². The van der Waals surface area contributed by atoms with Gasteiger partial charge in [0.2, 0.25) is 5.91 Å². The Balaban J connectivity index is 1.34. The van der Waals surface area contributed by atoms with Crippen LogP contribution in [0.2, 0.25) is 0 Å². The summed E-state index contributed by atoms with van der Waals surface area (Å²) in [4.78, 5) is 33.4. The lowest BCUT2D eigenvalue weighted by molar-refractivity contribution is -0.113. The Bertz CT molecular complexity index is 1280. The largest absolute Gasteiger partial charge is 0.316 e. The summed E-state index contributed by atoms with van der Waals surface area (Å²) >= 11 is 4.39. The molecule has 154 valence electrons. The van der Waals surface area contributed by atoms with Crippen molar-refractivity contribution in [2.75, 3.05) is 11.1 Å². The van der Waals surface area contributed by atoms with Crippen molar-refractivity contribution in [2.45, 2.75) is 50.1 Å². The molecule has 0 radical (unpaired) electrons. The zero-order valence-corrected chi connectivity index (χ0v) is 19.0. The molecular formula is C21H20N4O2S3. The van der Waals surface area contributed by atoms with Crippen LogP contribution < -0.4 is 10.9 Å². The summed E-state index contributed by atoms with van der Waals surface area (Å²) in [5.41, 5.74) is 2.87. The predicted octanol–water partition coefficient (Wildman–Crippen LogP) is 4.03. The lowest BCUT2D eigenvalue weighted by atomic mass is 9.96.